The molecule has 0 saturated carbocycles. The molecule has 1 aromatic heterocycles. The van der Waals surface area contributed by atoms with E-state index in [1.807, 2.05) is 43.3 Å². The van der Waals surface area contributed by atoms with Gasteiger partial charge in [-0.2, -0.15) is 0 Å². The van der Waals surface area contributed by atoms with Crippen molar-refractivity contribution in [1.29, 1.82) is 0 Å². The number of hydrogen-bond acceptors (Lipinski definition) is 4. The number of amides is 1. The Morgan fingerprint density at radius 3 is 2.64 bits per heavy atom. The zero-order valence-electron chi connectivity index (χ0n) is 11.7. The van der Waals surface area contributed by atoms with Crippen molar-refractivity contribution in [3.8, 4) is 11.3 Å². The second kappa shape index (κ2) is 6.28. The molecule has 0 radical (unpaired) electrons. The molecule has 1 aromatic carbocycles. The molecule has 2 aromatic rings. The van der Waals surface area contributed by atoms with Gasteiger partial charge in [-0.25, -0.2) is 0 Å². The minimum absolute atomic E-state index is 0.0676. The Labute approximate surface area is 142 Å². The van der Waals surface area contributed by atoms with Crippen molar-refractivity contribution in [1.82, 2.24) is 4.90 Å². The number of furan rings is 1. The van der Waals surface area contributed by atoms with Gasteiger partial charge in [0.25, 0.3) is 5.91 Å². The molecule has 1 fully saturated rings. The molecule has 2 heterocycles. The van der Waals surface area contributed by atoms with Crippen molar-refractivity contribution in [2.45, 2.75) is 6.92 Å². The Hall–Kier alpha value is -1.56. The number of carbonyl (C=O) groups is 1. The van der Waals surface area contributed by atoms with E-state index < -0.39 is 0 Å². The van der Waals surface area contributed by atoms with Crippen LogP contribution in [0.15, 0.2) is 45.7 Å². The van der Waals surface area contributed by atoms with Gasteiger partial charge in [-0.05, 0) is 43.3 Å². The monoisotopic (exact) mass is 349 g/mol. The fourth-order valence-electron chi connectivity index (χ4n) is 2.10. The van der Waals surface area contributed by atoms with Crippen molar-refractivity contribution in [2.75, 3.05) is 6.54 Å². The van der Waals surface area contributed by atoms with Crippen LogP contribution in [0, 0.1) is 0 Å². The summed E-state index contributed by atoms with van der Waals surface area (Å²) >= 11 is 12.4. The van der Waals surface area contributed by atoms with Gasteiger partial charge in [-0.1, -0.05) is 35.6 Å². The molecule has 0 unspecified atom stereocenters. The van der Waals surface area contributed by atoms with E-state index in [-0.39, 0.29) is 5.91 Å². The van der Waals surface area contributed by atoms with E-state index in [2.05, 4.69) is 0 Å². The number of hydrogen-bond donors (Lipinski definition) is 0. The molecule has 22 heavy (non-hydrogen) atoms. The van der Waals surface area contributed by atoms with Crippen LogP contribution >= 0.6 is 35.6 Å². The molecule has 6 heteroatoms. The standard InChI is InChI=1S/C16H12ClNO2S2/c1-2-18-15(19)14(22-16(18)21)9-12-7-8-13(20-12)10-3-5-11(17)6-4-10/h3-9H,2H2,1H3. The highest BCUT2D eigenvalue weighted by atomic mass is 35.5. The zero-order chi connectivity index (χ0) is 15.7. The van der Waals surface area contributed by atoms with Gasteiger partial charge in [0, 0.05) is 23.2 Å². The summed E-state index contributed by atoms with van der Waals surface area (Å²) in [6, 6.07) is 11.1. The first-order valence-corrected chi connectivity index (χ1v) is 8.30. The van der Waals surface area contributed by atoms with Gasteiger partial charge < -0.3 is 4.42 Å². The first-order valence-electron chi connectivity index (χ1n) is 6.69. The van der Waals surface area contributed by atoms with Crippen LogP contribution in [0.3, 0.4) is 0 Å². The average Bonchev–Trinajstić information content (AvgIpc) is 3.06. The Bertz CT molecular complexity index is 765. The van der Waals surface area contributed by atoms with Crippen LogP contribution in [0.25, 0.3) is 17.4 Å². The molecule has 1 saturated heterocycles. The average molecular weight is 350 g/mol. The van der Waals surface area contributed by atoms with Crippen molar-refractivity contribution in [2.24, 2.45) is 0 Å². The Morgan fingerprint density at radius 2 is 2.00 bits per heavy atom. The number of likely N-dealkylation sites (N-methyl/N-ethyl adjacent to an activating group) is 1. The SMILES string of the molecule is CCN1C(=O)C(=Cc2ccc(-c3ccc(Cl)cc3)o2)SC1=S. The van der Waals surface area contributed by atoms with Crippen LogP contribution in [0.5, 0.6) is 0 Å². The Balaban J connectivity index is 1.86. The van der Waals surface area contributed by atoms with Gasteiger partial charge in [-0.15, -0.1) is 0 Å². The molecule has 0 spiro atoms. The van der Waals surface area contributed by atoms with Gasteiger partial charge >= 0.3 is 0 Å². The van der Waals surface area contributed by atoms with Crippen LogP contribution < -0.4 is 0 Å². The summed E-state index contributed by atoms with van der Waals surface area (Å²) in [5, 5.41) is 0.679. The number of halogens is 1. The molecule has 3 nitrogen and oxygen atoms in total. The predicted octanol–water partition coefficient (Wildman–Crippen LogP) is 4.82. The maximum absolute atomic E-state index is 12.2. The lowest BCUT2D eigenvalue weighted by molar-refractivity contribution is -0.121. The fourth-order valence-corrected chi connectivity index (χ4v) is 3.59. The van der Waals surface area contributed by atoms with Crippen molar-refractivity contribution >= 4 is 51.9 Å². The van der Waals surface area contributed by atoms with E-state index in [1.165, 1.54) is 11.8 Å². The largest absolute Gasteiger partial charge is 0.457 e. The van der Waals surface area contributed by atoms with Crippen LogP contribution in [0.1, 0.15) is 12.7 Å². The second-order valence-electron chi connectivity index (χ2n) is 4.63. The third-order valence-corrected chi connectivity index (χ3v) is 4.85. The minimum Gasteiger partial charge on any atom is -0.457 e. The van der Waals surface area contributed by atoms with E-state index in [9.17, 15) is 4.79 Å². The highest BCUT2D eigenvalue weighted by Crippen LogP contribution is 2.33. The summed E-state index contributed by atoms with van der Waals surface area (Å²) in [5.74, 6) is 1.29. The first-order chi connectivity index (χ1) is 10.6. The summed E-state index contributed by atoms with van der Waals surface area (Å²) in [6.45, 7) is 2.48. The summed E-state index contributed by atoms with van der Waals surface area (Å²) in [6.07, 6.45) is 1.73. The number of nitrogens with zero attached hydrogens (tertiary/aromatic N) is 1. The summed E-state index contributed by atoms with van der Waals surface area (Å²) in [5.41, 5.74) is 0.935. The molecule has 1 aliphatic heterocycles. The summed E-state index contributed by atoms with van der Waals surface area (Å²) in [7, 11) is 0. The van der Waals surface area contributed by atoms with Gasteiger partial charge in [-0.3, -0.25) is 9.69 Å². The first kappa shape index (κ1) is 15.3. The molecule has 3 rings (SSSR count). The van der Waals surface area contributed by atoms with E-state index in [4.69, 9.17) is 28.2 Å². The maximum atomic E-state index is 12.2. The number of thiocarbonyl (C=S) groups is 1. The lowest BCUT2D eigenvalue weighted by Crippen LogP contribution is -2.27. The van der Waals surface area contributed by atoms with Gasteiger partial charge in [0.15, 0.2) is 0 Å². The molecule has 0 atom stereocenters. The summed E-state index contributed by atoms with van der Waals surface area (Å²) in [4.78, 5) is 14.3. The van der Waals surface area contributed by atoms with Gasteiger partial charge in [0.2, 0.25) is 0 Å². The van der Waals surface area contributed by atoms with Gasteiger partial charge in [0.05, 0.1) is 4.91 Å². The van der Waals surface area contributed by atoms with E-state index >= 15 is 0 Å². The number of benzene rings is 1. The van der Waals surface area contributed by atoms with Crippen LogP contribution in [0.4, 0.5) is 0 Å². The zero-order valence-corrected chi connectivity index (χ0v) is 14.1. The Morgan fingerprint density at radius 1 is 1.27 bits per heavy atom. The molecule has 1 amide bonds. The van der Waals surface area contributed by atoms with Crippen molar-refractivity contribution in [3.63, 3.8) is 0 Å². The highest BCUT2D eigenvalue weighted by molar-refractivity contribution is 8.26. The topological polar surface area (TPSA) is 33.5 Å². The van der Waals surface area contributed by atoms with E-state index in [0.717, 1.165) is 11.3 Å². The molecule has 0 bridgehead atoms. The molecule has 0 aliphatic carbocycles. The van der Waals surface area contributed by atoms with Crippen molar-refractivity contribution < 1.29 is 9.21 Å². The van der Waals surface area contributed by atoms with Crippen LogP contribution in [-0.2, 0) is 4.79 Å². The van der Waals surface area contributed by atoms with E-state index in [0.29, 0.717) is 26.6 Å². The minimum atomic E-state index is -0.0676. The quantitative estimate of drug-likeness (QED) is 0.587. The number of rotatable bonds is 3. The summed E-state index contributed by atoms with van der Waals surface area (Å²) < 4.78 is 6.36. The van der Waals surface area contributed by atoms with Crippen molar-refractivity contribution in [3.05, 3.63) is 52.1 Å². The molecule has 0 N–H and O–H groups in total. The van der Waals surface area contributed by atoms with Gasteiger partial charge in [0.1, 0.15) is 15.8 Å². The normalized spacial score (nSPS) is 16.8. The van der Waals surface area contributed by atoms with Crippen LogP contribution in [-0.4, -0.2) is 21.7 Å². The molecule has 1 aliphatic rings. The third kappa shape index (κ3) is 2.97. The highest BCUT2D eigenvalue weighted by Gasteiger charge is 2.30. The fraction of sp³-hybridized carbons (Fsp3) is 0.125. The molecule has 112 valence electrons. The maximum Gasteiger partial charge on any atom is 0.266 e. The number of thioether (sulfide) groups is 1. The number of carbonyl (C=O) groups excluding carboxylic acids is 1. The smallest absolute Gasteiger partial charge is 0.266 e. The van der Waals surface area contributed by atoms with E-state index in [1.54, 1.807) is 11.0 Å². The molecular weight excluding hydrogens is 338 g/mol. The predicted molar refractivity (Wildman–Crippen MR) is 94.7 cm³/mol. The van der Waals surface area contributed by atoms with Crippen LogP contribution in [0.2, 0.25) is 5.02 Å². The lowest BCUT2D eigenvalue weighted by Gasteiger charge is -2.09. The third-order valence-electron chi connectivity index (χ3n) is 3.22. The lowest BCUT2D eigenvalue weighted by atomic mass is 10.2. The second-order valence-corrected chi connectivity index (χ2v) is 6.75. The Kier molecular flexibility index (Phi) is 4.38. The molecular formula is C16H12ClNO2S2.